The second-order valence-corrected chi connectivity index (χ2v) is 10.7. The van der Waals surface area contributed by atoms with Crippen LogP contribution in [0.25, 0.3) is 5.69 Å². The highest BCUT2D eigenvalue weighted by atomic mass is 35.5. The fourth-order valence-electron chi connectivity index (χ4n) is 5.46. The van der Waals surface area contributed by atoms with Crippen LogP contribution in [0, 0.1) is 13.8 Å². The number of anilines is 1. The predicted molar refractivity (Wildman–Crippen MR) is 147 cm³/mol. The SMILES string of the molecule is Cc1nn(-c2cccc(NC(=O)c3ccc(Cl)c(Cl)c3)c2)c(C)c1C(=O)N1CCC(N2CCCC2)CC1. The summed E-state index contributed by atoms with van der Waals surface area (Å²) in [7, 11) is 0. The van der Waals surface area contributed by atoms with Crippen molar-refractivity contribution in [1.82, 2.24) is 19.6 Å². The van der Waals surface area contributed by atoms with E-state index in [1.54, 1.807) is 22.9 Å². The summed E-state index contributed by atoms with van der Waals surface area (Å²) in [6.07, 6.45) is 4.63. The van der Waals surface area contributed by atoms with Crippen molar-refractivity contribution in [2.75, 3.05) is 31.5 Å². The lowest BCUT2D eigenvalue weighted by Gasteiger charge is -2.36. The van der Waals surface area contributed by atoms with Gasteiger partial charge in [-0.1, -0.05) is 29.3 Å². The van der Waals surface area contributed by atoms with Crippen LogP contribution in [0.5, 0.6) is 0 Å². The van der Waals surface area contributed by atoms with Gasteiger partial charge in [-0.15, -0.1) is 0 Å². The Morgan fingerprint density at radius 3 is 2.38 bits per heavy atom. The molecule has 1 N–H and O–H groups in total. The number of amides is 2. The quantitative estimate of drug-likeness (QED) is 0.448. The van der Waals surface area contributed by atoms with Crippen molar-refractivity contribution in [1.29, 1.82) is 0 Å². The molecule has 3 heterocycles. The van der Waals surface area contributed by atoms with Gasteiger partial charge in [0.1, 0.15) is 0 Å². The third-order valence-corrected chi connectivity index (χ3v) is 8.18. The van der Waals surface area contributed by atoms with Crippen LogP contribution < -0.4 is 5.32 Å². The highest BCUT2D eigenvalue weighted by Gasteiger charge is 2.31. The number of aromatic nitrogens is 2. The molecule has 0 saturated carbocycles. The zero-order valence-electron chi connectivity index (χ0n) is 21.1. The van der Waals surface area contributed by atoms with Crippen molar-refractivity contribution in [3.05, 3.63) is 75.0 Å². The normalized spacial score (nSPS) is 16.8. The number of piperidine rings is 1. The number of nitrogens with zero attached hydrogens (tertiary/aromatic N) is 4. The van der Waals surface area contributed by atoms with Gasteiger partial charge in [0.2, 0.25) is 0 Å². The molecule has 2 amide bonds. The van der Waals surface area contributed by atoms with Gasteiger partial charge in [-0.05, 0) is 89.0 Å². The maximum atomic E-state index is 13.5. The molecule has 2 aromatic carbocycles. The summed E-state index contributed by atoms with van der Waals surface area (Å²) in [4.78, 5) is 30.8. The summed E-state index contributed by atoms with van der Waals surface area (Å²) in [6, 6.07) is 12.8. The maximum absolute atomic E-state index is 13.5. The summed E-state index contributed by atoms with van der Waals surface area (Å²) in [6.45, 7) is 7.74. The van der Waals surface area contributed by atoms with Gasteiger partial charge in [-0.2, -0.15) is 5.10 Å². The third kappa shape index (κ3) is 5.40. The molecule has 5 rings (SSSR count). The minimum Gasteiger partial charge on any atom is -0.338 e. The van der Waals surface area contributed by atoms with E-state index in [0.29, 0.717) is 38.6 Å². The van der Waals surface area contributed by atoms with Crippen molar-refractivity contribution in [2.24, 2.45) is 0 Å². The molecular weight excluding hydrogens is 509 g/mol. The first-order chi connectivity index (χ1) is 17.8. The van der Waals surface area contributed by atoms with Gasteiger partial charge in [0.25, 0.3) is 11.8 Å². The van der Waals surface area contributed by atoms with E-state index in [2.05, 4.69) is 10.2 Å². The van der Waals surface area contributed by atoms with Crippen LogP contribution in [0.15, 0.2) is 42.5 Å². The maximum Gasteiger partial charge on any atom is 0.257 e. The number of benzene rings is 2. The molecule has 0 spiro atoms. The predicted octanol–water partition coefficient (Wildman–Crippen LogP) is 5.75. The van der Waals surface area contributed by atoms with Gasteiger partial charge in [-0.25, -0.2) is 4.68 Å². The Bertz CT molecular complexity index is 1320. The van der Waals surface area contributed by atoms with Crippen LogP contribution in [0.2, 0.25) is 10.0 Å². The van der Waals surface area contributed by atoms with Gasteiger partial charge in [0.05, 0.1) is 32.7 Å². The average molecular weight is 540 g/mol. The zero-order valence-corrected chi connectivity index (χ0v) is 22.6. The number of halogens is 2. The van der Waals surface area contributed by atoms with E-state index >= 15 is 0 Å². The molecule has 7 nitrogen and oxygen atoms in total. The number of rotatable bonds is 5. The van der Waals surface area contributed by atoms with Crippen molar-refractivity contribution in [2.45, 2.75) is 45.6 Å². The van der Waals surface area contributed by atoms with Crippen molar-refractivity contribution in [3.63, 3.8) is 0 Å². The molecular formula is C28H31Cl2N5O2. The molecule has 0 aliphatic carbocycles. The third-order valence-electron chi connectivity index (χ3n) is 7.44. The highest BCUT2D eigenvalue weighted by molar-refractivity contribution is 6.42. The first-order valence-corrected chi connectivity index (χ1v) is 13.5. The fourth-order valence-corrected chi connectivity index (χ4v) is 5.76. The number of carbonyl (C=O) groups is 2. The fraction of sp³-hybridized carbons (Fsp3) is 0.393. The number of likely N-dealkylation sites (tertiary alicyclic amines) is 2. The van der Waals surface area contributed by atoms with E-state index in [0.717, 1.165) is 37.3 Å². The van der Waals surface area contributed by atoms with Crippen LogP contribution >= 0.6 is 23.2 Å². The smallest absolute Gasteiger partial charge is 0.257 e. The van der Waals surface area contributed by atoms with Crippen LogP contribution in [-0.4, -0.2) is 63.6 Å². The van der Waals surface area contributed by atoms with Crippen LogP contribution in [0.3, 0.4) is 0 Å². The van der Waals surface area contributed by atoms with E-state index in [4.69, 9.17) is 28.3 Å². The Hall–Kier alpha value is -2.87. The second-order valence-electron chi connectivity index (χ2n) is 9.86. The van der Waals surface area contributed by atoms with Crippen LogP contribution in [0.4, 0.5) is 5.69 Å². The van der Waals surface area contributed by atoms with E-state index < -0.39 is 0 Å². The number of carbonyl (C=O) groups excluding carboxylic acids is 2. The lowest BCUT2D eigenvalue weighted by Crippen LogP contribution is -2.46. The van der Waals surface area contributed by atoms with E-state index in [1.807, 2.05) is 36.9 Å². The number of hydrogen-bond donors (Lipinski definition) is 1. The van der Waals surface area contributed by atoms with Crippen molar-refractivity contribution < 1.29 is 9.59 Å². The molecule has 2 fully saturated rings. The van der Waals surface area contributed by atoms with Gasteiger partial charge in [0, 0.05) is 30.4 Å². The molecule has 2 saturated heterocycles. The Morgan fingerprint density at radius 1 is 0.946 bits per heavy atom. The average Bonchev–Trinajstić information content (AvgIpc) is 3.53. The molecule has 3 aromatic rings. The molecule has 0 radical (unpaired) electrons. The summed E-state index contributed by atoms with van der Waals surface area (Å²) < 4.78 is 1.77. The molecule has 0 unspecified atom stereocenters. The van der Waals surface area contributed by atoms with E-state index in [9.17, 15) is 9.59 Å². The Labute approximate surface area is 227 Å². The minimum absolute atomic E-state index is 0.0465. The van der Waals surface area contributed by atoms with Gasteiger partial charge in [-0.3, -0.25) is 9.59 Å². The molecule has 9 heteroatoms. The lowest BCUT2D eigenvalue weighted by molar-refractivity contribution is 0.0643. The molecule has 194 valence electrons. The van der Waals surface area contributed by atoms with Crippen molar-refractivity contribution in [3.8, 4) is 5.69 Å². The first-order valence-electron chi connectivity index (χ1n) is 12.8. The second kappa shape index (κ2) is 10.9. The largest absolute Gasteiger partial charge is 0.338 e. The standard InChI is InChI=1S/C28H31Cl2N5O2/c1-18-26(28(37)34-14-10-22(11-15-34)33-12-3-4-13-33)19(2)35(32-18)23-7-5-6-21(17-23)31-27(36)20-8-9-24(29)25(30)16-20/h5-9,16-17,22H,3-4,10-15H2,1-2H3,(H,31,36). The number of aryl methyl sites for hydroxylation is 1. The summed E-state index contributed by atoms with van der Waals surface area (Å²) in [5.74, 6) is -0.248. The molecule has 0 atom stereocenters. The first kappa shape index (κ1) is 25.8. The summed E-state index contributed by atoms with van der Waals surface area (Å²) in [5.41, 5.74) is 3.93. The van der Waals surface area contributed by atoms with Gasteiger partial charge >= 0.3 is 0 Å². The Morgan fingerprint density at radius 2 is 1.68 bits per heavy atom. The van der Waals surface area contributed by atoms with E-state index in [-0.39, 0.29) is 11.8 Å². The number of hydrogen-bond acceptors (Lipinski definition) is 4. The molecule has 2 aliphatic heterocycles. The topological polar surface area (TPSA) is 70.5 Å². The summed E-state index contributed by atoms with van der Waals surface area (Å²) >= 11 is 12.0. The van der Waals surface area contributed by atoms with Crippen molar-refractivity contribution >= 4 is 40.7 Å². The van der Waals surface area contributed by atoms with Gasteiger partial charge in [0.15, 0.2) is 0 Å². The van der Waals surface area contributed by atoms with Gasteiger partial charge < -0.3 is 15.1 Å². The Kier molecular flexibility index (Phi) is 7.56. The highest BCUT2D eigenvalue weighted by Crippen LogP contribution is 2.26. The summed E-state index contributed by atoms with van der Waals surface area (Å²) in [5, 5.41) is 8.30. The van der Waals surface area contributed by atoms with Crippen LogP contribution in [0.1, 0.15) is 57.8 Å². The molecule has 37 heavy (non-hydrogen) atoms. The van der Waals surface area contributed by atoms with E-state index in [1.165, 1.54) is 32.0 Å². The Balaban J connectivity index is 1.31. The molecule has 2 aliphatic rings. The molecule has 1 aromatic heterocycles. The minimum atomic E-state index is -0.294. The zero-order chi connectivity index (χ0) is 26.1. The van der Waals surface area contributed by atoms with Crippen LogP contribution in [-0.2, 0) is 0 Å². The monoisotopic (exact) mass is 539 g/mol. The lowest BCUT2D eigenvalue weighted by atomic mass is 10.0. The molecule has 0 bridgehead atoms. The number of nitrogens with one attached hydrogen (secondary N) is 1.